The Morgan fingerprint density at radius 3 is 2.50 bits per heavy atom. The maximum atomic E-state index is 12.4. The van der Waals surface area contributed by atoms with Crippen LogP contribution in [0.3, 0.4) is 0 Å². The molecule has 1 heterocycles. The number of aromatic nitrogens is 1. The lowest BCUT2D eigenvalue weighted by molar-refractivity contribution is 0.102. The van der Waals surface area contributed by atoms with E-state index < -0.39 is 0 Å². The summed E-state index contributed by atoms with van der Waals surface area (Å²) in [6, 6.07) is 16.6. The van der Waals surface area contributed by atoms with E-state index in [9.17, 15) is 4.79 Å². The number of ether oxygens (including phenoxy) is 2. The second-order valence-electron chi connectivity index (χ2n) is 6.17. The highest BCUT2D eigenvalue weighted by molar-refractivity contribution is 6.04. The van der Waals surface area contributed by atoms with Crippen LogP contribution >= 0.6 is 0 Å². The van der Waals surface area contributed by atoms with Crippen LogP contribution in [0.5, 0.6) is 11.5 Å². The SMILES string of the molecule is CCOc1ccc(NC(=O)c2ccc(Nc3cc(C)ccc3OC)nc2)cc1. The number of methoxy groups -OCH3 is 1. The number of hydrogen-bond donors (Lipinski definition) is 2. The lowest BCUT2D eigenvalue weighted by atomic mass is 10.2. The largest absolute Gasteiger partial charge is 0.495 e. The Labute approximate surface area is 164 Å². The number of nitrogens with one attached hydrogen (secondary N) is 2. The number of carbonyl (C=O) groups is 1. The molecule has 2 aromatic carbocycles. The fourth-order valence-corrected chi connectivity index (χ4v) is 2.66. The Bertz CT molecular complexity index is 938. The molecule has 0 fully saturated rings. The molecule has 3 rings (SSSR count). The molecule has 1 aromatic heterocycles. The molecule has 0 saturated carbocycles. The van der Waals surface area contributed by atoms with Crippen LogP contribution in [0.2, 0.25) is 0 Å². The highest BCUT2D eigenvalue weighted by Gasteiger charge is 2.09. The molecule has 0 aliphatic heterocycles. The average molecular weight is 377 g/mol. The van der Waals surface area contributed by atoms with Gasteiger partial charge in [0.25, 0.3) is 5.91 Å². The molecular formula is C22H23N3O3. The molecule has 0 atom stereocenters. The van der Waals surface area contributed by atoms with E-state index in [4.69, 9.17) is 9.47 Å². The Morgan fingerprint density at radius 2 is 1.86 bits per heavy atom. The zero-order valence-electron chi connectivity index (χ0n) is 16.2. The summed E-state index contributed by atoms with van der Waals surface area (Å²) in [4.78, 5) is 16.7. The van der Waals surface area contributed by atoms with Gasteiger partial charge in [0.2, 0.25) is 0 Å². The first-order chi connectivity index (χ1) is 13.6. The fraction of sp³-hybridized carbons (Fsp3) is 0.182. The van der Waals surface area contributed by atoms with Crippen LogP contribution in [0.1, 0.15) is 22.8 Å². The van der Waals surface area contributed by atoms with Gasteiger partial charge in [-0.25, -0.2) is 4.98 Å². The van der Waals surface area contributed by atoms with Gasteiger partial charge in [0.15, 0.2) is 0 Å². The number of aryl methyl sites for hydroxylation is 1. The minimum absolute atomic E-state index is 0.226. The van der Waals surface area contributed by atoms with Gasteiger partial charge in [0, 0.05) is 11.9 Å². The summed E-state index contributed by atoms with van der Waals surface area (Å²) in [7, 11) is 1.62. The van der Waals surface area contributed by atoms with Crippen molar-refractivity contribution in [2.75, 3.05) is 24.4 Å². The fourth-order valence-electron chi connectivity index (χ4n) is 2.66. The van der Waals surface area contributed by atoms with E-state index in [0.717, 1.165) is 22.7 Å². The first-order valence-corrected chi connectivity index (χ1v) is 9.01. The van der Waals surface area contributed by atoms with Crippen molar-refractivity contribution in [3.8, 4) is 11.5 Å². The summed E-state index contributed by atoms with van der Waals surface area (Å²) in [6.07, 6.45) is 1.54. The van der Waals surface area contributed by atoms with Crippen molar-refractivity contribution in [2.24, 2.45) is 0 Å². The van der Waals surface area contributed by atoms with Crippen molar-refractivity contribution in [3.05, 3.63) is 71.9 Å². The Kier molecular flexibility index (Phi) is 6.11. The number of anilines is 3. The van der Waals surface area contributed by atoms with Gasteiger partial charge in [-0.05, 0) is 67.9 Å². The second kappa shape index (κ2) is 8.90. The van der Waals surface area contributed by atoms with Crippen LogP contribution in [0.15, 0.2) is 60.8 Å². The lowest BCUT2D eigenvalue weighted by Crippen LogP contribution is -2.12. The molecule has 0 spiro atoms. The van der Waals surface area contributed by atoms with Crippen molar-refractivity contribution >= 4 is 23.1 Å². The van der Waals surface area contributed by atoms with Crippen LogP contribution in [0, 0.1) is 6.92 Å². The minimum atomic E-state index is -0.226. The highest BCUT2D eigenvalue weighted by Crippen LogP contribution is 2.28. The van der Waals surface area contributed by atoms with Crippen LogP contribution in [-0.4, -0.2) is 24.6 Å². The van der Waals surface area contributed by atoms with Crippen LogP contribution in [0.25, 0.3) is 0 Å². The molecule has 144 valence electrons. The molecule has 3 aromatic rings. The summed E-state index contributed by atoms with van der Waals surface area (Å²) in [5.41, 5.74) is 3.09. The third-order valence-corrected chi connectivity index (χ3v) is 4.07. The van der Waals surface area contributed by atoms with Gasteiger partial charge in [0.05, 0.1) is 25.0 Å². The molecule has 2 N–H and O–H groups in total. The molecule has 0 saturated heterocycles. The first kappa shape index (κ1) is 19.2. The Balaban J connectivity index is 1.66. The molecule has 28 heavy (non-hydrogen) atoms. The van der Waals surface area contributed by atoms with Gasteiger partial charge in [-0.3, -0.25) is 4.79 Å². The summed E-state index contributed by atoms with van der Waals surface area (Å²) in [5, 5.41) is 6.06. The van der Waals surface area contributed by atoms with Crippen LogP contribution in [-0.2, 0) is 0 Å². The Hall–Kier alpha value is -3.54. The summed E-state index contributed by atoms with van der Waals surface area (Å²) in [5.74, 6) is 1.90. The van der Waals surface area contributed by atoms with Gasteiger partial charge in [0.1, 0.15) is 17.3 Å². The predicted octanol–water partition coefficient (Wildman–Crippen LogP) is 4.79. The summed E-state index contributed by atoms with van der Waals surface area (Å²) >= 11 is 0. The normalized spacial score (nSPS) is 10.2. The number of benzene rings is 2. The van der Waals surface area contributed by atoms with Crippen molar-refractivity contribution in [3.63, 3.8) is 0 Å². The zero-order chi connectivity index (χ0) is 19.9. The van der Waals surface area contributed by atoms with E-state index >= 15 is 0 Å². The van der Waals surface area contributed by atoms with Crippen molar-refractivity contribution in [2.45, 2.75) is 13.8 Å². The zero-order valence-corrected chi connectivity index (χ0v) is 16.2. The minimum Gasteiger partial charge on any atom is -0.495 e. The number of hydrogen-bond acceptors (Lipinski definition) is 5. The molecule has 0 aliphatic carbocycles. The molecule has 6 heteroatoms. The maximum absolute atomic E-state index is 12.4. The van der Waals surface area contributed by atoms with E-state index in [1.54, 1.807) is 31.4 Å². The molecule has 0 unspecified atom stereocenters. The number of amides is 1. The van der Waals surface area contributed by atoms with E-state index in [-0.39, 0.29) is 5.91 Å². The molecule has 1 amide bonds. The molecule has 0 bridgehead atoms. The van der Waals surface area contributed by atoms with Crippen molar-refractivity contribution in [1.29, 1.82) is 0 Å². The lowest BCUT2D eigenvalue weighted by Gasteiger charge is -2.12. The first-order valence-electron chi connectivity index (χ1n) is 9.01. The monoisotopic (exact) mass is 377 g/mol. The van der Waals surface area contributed by atoms with Gasteiger partial charge in [-0.15, -0.1) is 0 Å². The van der Waals surface area contributed by atoms with E-state index in [0.29, 0.717) is 23.7 Å². The van der Waals surface area contributed by atoms with Crippen molar-refractivity contribution < 1.29 is 14.3 Å². The van der Waals surface area contributed by atoms with Gasteiger partial charge in [-0.2, -0.15) is 0 Å². The van der Waals surface area contributed by atoms with Crippen LogP contribution < -0.4 is 20.1 Å². The summed E-state index contributed by atoms with van der Waals surface area (Å²) < 4.78 is 10.8. The predicted molar refractivity (Wildman–Crippen MR) is 111 cm³/mol. The van der Waals surface area contributed by atoms with Crippen LogP contribution in [0.4, 0.5) is 17.2 Å². The van der Waals surface area contributed by atoms with E-state index in [1.165, 1.54) is 6.20 Å². The summed E-state index contributed by atoms with van der Waals surface area (Å²) in [6.45, 7) is 4.54. The van der Waals surface area contributed by atoms with Gasteiger partial charge < -0.3 is 20.1 Å². The third-order valence-electron chi connectivity index (χ3n) is 4.07. The topological polar surface area (TPSA) is 72.5 Å². The number of nitrogens with zero attached hydrogens (tertiary/aromatic N) is 1. The van der Waals surface area contributed by atoms with E-state index in [1.807, 2.05) is 44.2 Å². The Morgan fingerprint density at radius 1 is 1.07 bits per heavy atom. The quantitative estimate of drug-likeness (QED) is 0.619. The van der Waals surface area contributed by atoms with E-state index in [2.05, 4.69) is 15.6 Å². The number of carbonyl (C=O) groups excluding carboxylic acids is 1. The maximum Gasteiger partial charge on any atom is 0.257 e. The van der Waals surface area contributed by atoms with Gasteiger partial charge >= 0.3 is 0 Å². The standard InChI is InChI=1S/C22H23N3O3/c1-4-28-18-9-7-17(8-10-18)24-22(26)16-6-12-21(23-14-16)25-19-13-15(2)5-11-20(19)27-3/h5-14H,4H2,1-3H3,(H,23,25)(H,24,26). The number of pyridine rings is 1. The molecule has 0 aliphatic rings. The third kappa shape index (κ3) is 4.79. The second-order valence-corrected chi connectivity index (χ2v) is 6.17. The number of rotatable bonds is 7. The molecular weight excluding hydrogens is 354 g/mol. The molecule has 6 nitrogen and oxygen atoms in total. The average Bonchev–Trinajstić information content (AvgIpc) is 2.70. The van der Waals surface area contributed by atoms with Gasteiger partial charge in [-0.1, -0.05) is 6.07 Å². The molecule has 0 radical (unpaired) electrons. The smallest absolute Gasteiger partial charge is 0.257 e. The van der Waals surface area contributed by atoms with Crippen molar-refractivity contribution in [1.82, 2.24) is 4.98 Å². The highest BCUT2D eigenvalue weighted by atomic mass is 16.5.